The standard InChI is InChI=1S/C21H14Cl3O3P/c1-13-7-5-10-15(22)18(13)20(25)28(27,14-8-3-2-4-9-14)21(26)19-16(23)11-6-12-17(19)24/h2-12H,1H3. The largest absolute Gasteiger partial charge is 0.302 e. The van der Waals surface area contributed by atoms with Gasteiger partial charge < -0.3 is 4.57 Å². The van der Waals surface area contributed by atoms with Gasteiger partial charge in [0.15, 0.2) is 0 Å². The molecule has 3 rings (SSSR count). The first-order valence-electron chi connectivity index (χ1n) is 8.23. The summed E-state index contributed by atoms with van der Waals surface area (Å²) in [5.74, 6) is 0. The summed E-state index contributed by atoms with van der Waals surface area (Å²) < 4.78 is 14.1. The van der Waals surface area contributed by atoms with Crippen LogP contribution in [-0.4, -0.2) is 11.0 Å². The second-order valence-corrected chi connectivity index (χ2v) is 9.85. The Morgan fingerprint density at radius 1 is 0.679 bits per heavy atom. The first kappa shape index (κ1) is 20.8. The third kappa shape index (κ3) is 3.56. The Kier molecular flexibility index (Phi) is 6.12. The van der Waals surface area contributed by atoms with Gasteiger partial charge in [-0.15, -0.1) is 0 Å². The van der Waals surface area contributed by atoms with Gasteiger partial charge in [-0.1, -0.05) is 83.3 Å². The van der Waals surface area contributed by atoms with Gasteiger partial charge in [0.05, 0.1) is 20.6 Å². The summed E-state index contributed by atoms with van der Waals surface area (Å²) in [6.07, 6.45) is 0. The first-order chi connectivity index (χ1) is 13.3. The SMILES string of the molecule is Cc1cccc(Cl)c1C(=O)P(=O)(C(=O)c1c(Cl)cccc1Cl)c1ccccc1. The normalized spacial score (nSPS) is 13.0. The minimum Gasteiger partial charge on any atom is -0.302 e. The van der Waals surface area contributed by atoms with E-state index in [1.54, 1.807) is 43.3 Å². The second kappa shape index (κ2) is 8.23. The Labute approximate surface area is 177 Å². The van der Waals surface area contributed by atoms with Gasteiger partial charge in [-0.05, 0) is 30.7 Å². The van der Waals surface area contributed by atoms with E-state index < -0.39 is 18.2 Å². The van der Waals surface area contributed by atoms with Crippen molar-refractivity contribution in [2.24, 2.45) is 0 Å². The molecule has 0 aliphatic heterocycles. The highest BCUT2D eigenvalue weighted by Gasteiger charge is 2.45. The van der Waals surface area contributed by atoms with Crippen molar-refractivity contribution >= 4 is 58.3 Å². The molecule has 0 heterocycles. The van der Waals surface area contributed by atoms with Gasteiger partial charge in [-0.2, -0.15) is 0 Å². The Bertz CT molecular complexity index is 1020. The third-order valence-electron chi connectivity index (χ3n) is 4.30. The lowest BCUT2D eigenvalue weighted by Gasteiger charge is -2.19. The predicted molar refractivity (Wildman–Crippen MR) is 115 cm³/mol. The number of halogens is 3. The molecule has 1 atom stereocenters. The number of aryl methyl sites for hydroxylation is 1. The number of hydrogen-bond acceptors (Lipinski definition) is 3. The maximum absolute atomic E-state index is 14.1. The van der Waals surface area contributed by atoms with Gasteiger partial charge in [0, 0.05) is 10.9 Å². The predicted octanol–water partition coefficient (Wildman–Crippen LogP) is 6.62. The molecule has 0 saturated carbocycles. The number of hydrogen-bond donors (Lipinski definition) is 0. The fourth-order valence-electron chi connectivity index (χ4n) is 2.88. The van der Waals surface area contributed by atoms with Crippen LogP contribution in [0.2, 0.25) is 15.1 Å². The molecular weight excluding hydrogens is 438 g/mol. The van der Waals surface area contributed by atoms with Gasteiger partial charge in [-0.3, -0.25) is 9.59 Å². The van der Waals surface area contributed by atoms with Crippen molar-refractivity contribution in [2.45, 2.75) is 6.92 Å². The van der Waals surface area contributed by atoms with Crippen LogP contribution in [0.4, 0.5) is 0 Å². The number of carbonyl (C=O) groups is 2. The summed E-state index contributed by atoms with van der Waals surface area (Å²) in [5.41, 5.74) is -1.34. The van der Waals surface area contributed by atoms with Crippen molar-refractivity contribution in [1.29, 1.82) is 0 Å². The number of carbonyl (C=O) groups excluding carboxylic acids is 2. The molecule has 0 saturated heterocycles. The maximum atomic E-state index is 14.1. The second-order valence-electron chi connectivity index (χ2n) is 6.08. The van der Waals surface area contributed by atoms with Crippen LogP contribution in [0.1, 0.15) is 26.3 Å². The maximum Gasteiger partial charge on any atom is 0.248 e. The monoisotopic (exact) mass is 450 g/mol. The molecule has 3 aromatic rings. The van der Waals surface area contributed by atoms with Gasteiger partial charge in [0.25, 0.3) is 0 Å². The molecule has 0 amide bonds. The van der Waals surface area contributed by atoms with E-state index >= 15 is 0 Å². The molecular formula is C21H14Cl3O3P. The lowest BCUT2D eigenvalue weighted by atomic mass is 10.1. The molecule has 28 heavy (non-hydrogen) atoms. The van der Waals surface area contributed by atoms with Gasteiger partial charge in [0.1, 0.15) is 0 Å². The Morgan fingerprint density at radius 2 is 1.14 bits per heavy atom. The van der Waals surface area contributed by atoms with Crippen LogP contribution >= 0.6 is 41.9 Å². The van der Waals surface area contributed by atoms with Crippen LogP contribution in [-0.2, 0) is 4.57 Å². The van der Waals surface area contributed by atoms with E-state index in [9.17, 15) is 14.2 Å². The molecule has 0 aliphatic rings. The highest BCUT2D eigenvalue weighted by molar-refractivity contribution is 8.01. The van der Waals surface area contributed by atoms with E-state index in [0.717, 1.165) is 0 Å². The lowest BCUT2D eigenvalue weighted by Crippen LogP contribution is -2.21. The van der Waals surface area contributed by atoms with Crippen LogP contribution in [0.15, 0.2) is 66.7 Å². The first-order valence-corrected chi connectivity index (χ1v) is 11.1. The van der Waals surface area contributed by atoms with E-state index in [1.807, 2.05) is 0 Å². The zero-order valence-electron chi connectivity index (χ0n) is 14.7. The summed E-state index contributed by atoms with van der Waals surface area (Å²) in [4.78, 5) is 26.9. The average molecular weight is 452 g/mol. The van der Waals surface area contributed by atoms with Crippen molar-refractivity contribution in [1.82, 2.24) is 0 Å². The van der Waals surface area contributed by atoms with E-state index in [-0.39, 0.29) is 31.5 Å². The molecule has 1 unspecified atom stereocenters. The summed E-state index contributed by atoms with van der Waals surface area (Å²) in [7, 11) is -4.34. The van der Waals surface area contributed by atoms with E-state index in [0.29, 0.717) is 5.56 Å². The van der Waals surface area contributed by atoms with Crippen LogP contribution in [0.3, 0.4) is 0 Å². The molecule has 3 nitrogen and oxygen atoms in total. The van der Waals surface area contributed by atoms with Crippen molar-refractivity contribution in [3.8, 4) is 0 Å². The molecule has 0 N–H and O–H groups in total. The Hall–Kier alpha value is -1.90. The third-order valence-corrected chi connectivity index (χ3v) is 7.87. The van der Waals surface area contributed by atoms with E-state index in [1.165, 1.54) is 30.3 Å². The van der Waals surface area contributed by atoms with Crippen molar-refractivity contribution in [3.63, 3.8) is 0 Å². The van der Waals surface area contributed by atoms with Gasteiger partial charge in [0.2, 0.25) is 18.2 Å². The van der Waals surface area contributed by atoms with Crippen LogP contribution < -0.4 is 5.30 Å². The number of benzene rings is 3. The minimum atomic E-state index is -4.34. The highest BCUT2D eigenvalue weighted by atomic mass is 35.5. The molecule has 0 spiro atoms. The molecule has 142 valence electrons. The lowest BCUT2D eigenvalue weighted by molar-refractivity contribution is 0.104. The fourth-order valence-corrected chi connectivity index (χ4v) is 6.37. The van der Waals surface area contributed by atoms with Crippen molar-refractivity contribution in [3.05, 3.63) is 98.5 Å². The topological polar surface area (TPSA) is 51.2 Å². The van der Waals surface area contributed by atoms with Crippen LogP contribution in [0, 0.1) is 6.92 Å². The van der Waals surface area contributed by atoms with Crippen molar-refractivity contribution in [2.75, 3.05) is 0 Å². The molecule has 0 fully saturated rings. The summed E-state index contributed by atoms with van der Waals surface area (Å²) in [5, 5.41) is 0.272. The molecule has 3 aromatic carbocycles. The van der Waals surface area contributed by atoms with Gasteiger partial charge in [-0.25, -0.2) is 0 Å². The highest BCUT2D eigenvalue weighted by Crippen LogP contribution is 2.53. The molecule has 7 heteroatoms. The Balaban J connectivity index is 2.31. The number of rotatable bonds is 5. The van der Waals surface area contributed by atoms with E-state index in [2.05, 4.69) is 0 Å². The quantitative estimate of drug-likeness (QED) is 0.409. The summed E-state index contributed by atoms with van der Waals surface area (Å²) >= 11 is 18.6. The smallest absolute Gasteiger partial charge is 0.248 e. The minimum absolute atomic E-state index is 0.0253. The van der Waals surface area contributed by atoms with Crippen LogP contribution in [0.25, 0.3) is 0 Å². The van der Waals surface area contributed by atoms with Gasteiger partial charge >= 0.3 is 0 Å². The fraction of sp³-hybridized carbons (Fsp3) is 0.0476. The zero-order valence-corrected chi connectivity index (χ0v) is 17.8. The zero-order chi connectivity index (χ0) is 20.5. The van der Waals surface area contributed by atoms with Crippen LogP contribution in [0.5, 0.6) is 0 Å². The van der Waals surface area contributed by atoms with Crippen molar-refractivity contribution < 1.29 is 14.2 Å². The molecule has 0 aliphatic carbocycles. The molecule has 0 aromatic heterocycles. The Morgan fingerprint density at radius 3 is 1.68 bits per heavy atom. The van der Waals surface area contributed by atoms with E-state index in [4.69, 9.17) is 34.8 Å². The summed E-state index contributed by atoms with van der Waals surface area (Å²) in [6, 6.07) is 17.2. The average Bonchev–Trinajstić information content (AvgIpc) is 2.67. The summed E-state index contributed by atoms with van der Waals surface area (Å²) in [6.45, 7) is 1.67. The molecule has 0 radical (unpaired) electrons. The molecule has 0 bridgehead atoms.